The lowest BCUT2D eigenvalue weighted by atomic mass is 9.87. The molecule has 1 heterocycles. The van der Waals surface area contributed by atoms with Crippen molar-refractivity contribution in [3.05, 3.63) is 57.7 Å². The van der Waals surface area contributed by atoms with E-state index in [0.717, 1.165) is 67.4 Å². The maximum absolute atomic E-state index is 10.1. The first-order valence-corrected chi connectivity index (χ1v) is 11.6. The van der Waals surface area contributed by atoms with Gasteiger partial charge in [0.05, 0.1) is 0 Å². The third kappa shape index (κ3) is 7.07. The van der Waals surface area contributed by atoms with E-state index in [9.17, 15) is 5.11 Å². The Bertz CT molecular complexity index is 822. The van der Waals surface area contributed by atoms with Crippen molar-refractivity contribution in [2.45, 2.75) is 105 Å². The number of hydrogen-bond acceptors (Lipinski definition) is 2. The van der Waals surface area contributed by atoms with Crippen molar-refractivity contribution in [1.82, 2.24) is 0 Å². The first-order chi connectivity index (χ1) is 14.1. The highest BCUT2D eigenvalue weighted by Gasteiger charge is 2.32. The van der Waals surface area contributed by atoms with Gasteiger partial charge in [-0.3, -0.25) is 0 Å². The molecule has 1 aliphatic rings. The third-order valence-electron chi connectivity index (χ3n) is 6.45. The number of allylic oxidation sites excluding steroid dienone is 6. The zero-order chi connectivity index (χ0) is 22.3. The molecule has 0 radical (unpaired) electrons. The van der Waals surface area contributed by atoms with E-state index in [1.54, 1.807) is 0 Å². The number of ether oxygens (including phenoxy) is 1. The van der Waals surface area contributed by atoms with Gasteiger partial charge in [0, 0.05) is 0 Å². The molecule has 2 heteroatoms. The molecule has 2 nitrogen and oxygen atoms in total. The Morgan fingerprint density at radius 1 is 0.967 bits per heavy atom. The van der Waals surface area contributed by atoms with Crippen LogP contribution in [0, 0.1) is 13.8 Å². The molecule has 166 valence electrons. The summed E-state index contributed by atoms with van der Waals surface area (Å²) in [6, 6.07) is 1.89. The molecule has 2 rings (SSSR count). The van der Waals surface area contributed by atoms with Gasteiger partial charge in [0.1, 0.15) is 17.1 Å². The predicted octanol–water partition coefficient (Wildman–Crippen LogP) is 8.29. The van der Waals surface area contributed by atoms with E-state index in [0.29, 0.717) is 5.75 Å². The first-order valence-electron chi connectivity index (χ1n) is 11.6. The molecule has 0 fully saturated rings. The molecular formula is C28H42O2. The minimum atomic E-state index is -0.126. The van der Waals surface area contributed by atoms with Crippen LogP contribution >= 0.6 is 0 Å². The van der Waals surface area contributed by atoms with Crippen molar-refractivity contribution in [1.29, 1.82) is 0 Å². The summed E-state index contributed by atoms with van der Waals surface area (Å²) in [4.78, 5) is 0. The van der Waals surface area contributed by atoms with E-state index in [1.807, 2.05) is 13.0 Å². The summed E-state index contributed by atoms with van der Waals surface area (Å²) in [5.74, 6) is 1.38. The van der Waals surface area contributed by atoms with E-state index < -0.39 is 0 Å². The average Bonchev–Trinajstić information content (AvgIpc) is 2.67. The van der Waals surface area contributed by atoms with Crippen molar-refractivity contribution in [2.75, 3.05) is 0 Å². The normalized spacial score (nSPS) is 19.3. The van der Waals surface area contributed by atoms with Crippen molar-refractivity contribution in [3.63, 3.8) is 0 Å². The Kier molecular flexibility index (Phi) is 8.82. The maximum Gasteiger partial charge on any atom is 0.126 e. The topological polar surface area (TPSA) is 29.5 Å². The SMILES string of the molecule is CC(C)=CCC/C(C)=C\CC/C(C)=C/CC[C@@]1(C)CCc2cc(O)c(C)c(C)c2O1. The van der Waals surface area contributed by atoms with E-state index in [1.165, 1.54) is 23.1 Å². The van der Waals surface area contributed by atoms with Gasteiger partial charge in [-0.2, -0.15) is 0 Å². The Hall–Kier alpha value is -1.96. The highest BCUT2D eigenvalue weighted by atomic mass is 16.5. The van der Waals surface area contributed by atoms with Gasteiger partial charge in [0.25, 0.3) is 0 Å². The molecule has 0 saturated heterocycles. The molecule has 1 atom stereocenters. The molecule has 0 aromatic heterocycles. The van der Waals surface area contributed by atoms with Gasteiger partial charge in [-0.15, -0.1) is 0 Å². The van der Waals surface area contributed by atoms with Crippen molar-refractivity contribution >= 4 is 0 Å². The van der Waals surface area contributed by atoms with E-state index in [-0.39, 0.29) is 5.60 Å². The second-order valence-electron chi connectivity index (χ2n) is 9.68. The van der Waals surface area contributed by atoms with Gasteiger partial charge in [-0.25, -0.2) is 0 Å². The molecule has 0 aliphatic carbocycles. The maximum atomic E-state index is 10.1. The first kappa shape index (κ1) is 24.3. The average molecular weight is 411 g/mol. The lowest BCUT2D eigenvalue weighted by molar-refractivity contribution is 0.0560. The Balaban J connectivity index is 1.83. The molecule has 0 spiro atoms. The molecule has 0 unspecified atom stereocenters. The summed E-state index contributed by atoms with van der Waals surface area (Å²) in [5, 5.41) is 10.1. The van der Waals surface area contributed by atoms with Crippen LogP contribution < -0.4 is 4.74 Å². The minimum Gasteiger partial charge on any atom is -0.508 e. The van der Waals surface area contributed by atoms with Crippen LogP contribution in [0.5, 0.6) is 11.5 Å². The van der Waals surface area contributed by atoms with Crippen LogP contribution in [-0.4, -0.2) is 10.7 Å². The second kappa shape index (κ2) is 10.9. The van der Waals surface area contributed by atoms with Gasteiger partial charge in [0.2, 0.25) is 0 Å². The molecule has 30 heavy (non-hydrogen) atoms. The Labute approximate surface area is 184 Å². The summed E-state index contributed by atoms with van der Waals surface area (Å²) in [6.07, 6.45) is 15.8. The smallest absolute Gasteiger partial charge is 0.126 e. The number of rotatable bonds is 9. The van der Waals surface area contributed by atoms with Gasteiger partial charge in [-0.1, -0.05) is 34.9 Å². The van der Waals surface area contributed by atoms with Crippen LogP contribution in [0.3, 0.4) is 0 Å². The van der Waals surface area contributed by atoms with Gasteiger partial charge in [-0.05, 0) is 123 Å². The summed E-state index contributed by atoms with van der Waals surface area (Å²) >= 11 is 0. The standard InChI is InChI=1S/C28H42O2/c1-20(2)11-8-12-21(3)13-9-14-22(4)15-10-17-28(7)18-16-25-19-26(29)23(5)24(6)27(25)30-28/h11,13,15,19,29H,8-10,12,14,16-18H2,1-7H3/b21-13-,22-15+/t28-/m0/s1. The van der Waals surface area contributed by atoms with Gasteiger partial charge < -0.3 is 9.84 Å². The zero-order valence-corrected chi connectivity index (χ0v) is 20.3. The van der Waals surface area contributed by atoms with Crippen LogP contribution in [0.4, 0.5) is 0 Å². The van der Waals surface area contributed by atoms with E-state index in [2.05, 4.69) is 59.8 Å². The summed E-state index contributed by atoms with van der Waals surface area (Å²) in [5.41, 5.74) is 7.40. The van der Waals surface area contributed by atoms with Gasteiger partial charge >= 0.3 is 0 Å². The Morgan fingerprint density at radius 3 is 2.20 bits per heavy atom. The molecule has 0 saturated carbocycles. The number of phenols is 1. The monoisotopic (exact) mass is 410 g/mol. The molecular weight excluding hydrogens is 368 g/mol. The predicted molar refractivity (Wildman–Crippen MR) is 130 cm³/mol. The zero-order valence-electron chi connectivity index (χ0n) is 20.3. The molecule has 0 amide bonds. The number of aromatic hydroxyl groups is 1. The minimum absolute atomic E-state index is 0.126. The summed E-state index contributed by atoms with van der Waals surface area (Å²) in [7, 11) is 0. The summed E-state index contributed by atoms with van der Waals surface area (Å²) in [6.45, 7) is 15.1. The van der Waals surface area contributed by atoms with E-state index in [4.69, 9.17) is 4.74 Å². The van der Waals surface area contributed by atoms with Crippen molar-refractivity contribution in [3.8, 4) is 11.5 Å². The molecule has 1 aliphatic heterocycles. The molecule has 1 aromatic rings. The number of hydrogen-bond donors (Lipinski definition) is 1. The highest BCUT2D eigenvalue weighted by Crippen LogP contribution is 2.41. The quantitative estimate of drug-likeness (QED) is 0.415. The number of fused-ring (bicyclic) bond motifs is 1. The van der Waals surface area contributed by atoms with Crippen LogP contribution in [0.15, 0.2) is 41.0 Å². The van der Waals surface area contributed by atoms with Crippen molar-refractivity contribution in [2.24, 2.45) is 0 Å². The lowest BCUT2D eigenvalue weighted by Crippen LogP contribution is -2.36. The lowest BCUT2D eigenvalue weighted by Gasteiger charge is -2.37. The van der Waals surface area contributed by atoms with Crippen molar-refractivity contribution < 1.29 is 9.84 Å². The molecule has 0 bridgehead atoms. The second-order valence-corrected chi connectivity index (χ2v) is 9.68. The van der Waals surface area contributed by atoms with Crippen LogP contribution in [0.1, 0.15) is 96.3 Å². The number of phenolic OH excluding ortho intramolecular Hbond substituents is 1. The highest BCUT2D eigenvalue weighted by molar-refractivity contribution is 5.53. The fourth-order valence-electron chi connectivity index (χ4n) is 4.11. The van der Waals surface area contributed by atoms with E-state index >= 15 is 0 Å². The van der Waals surface area contributed by atoms with Crippen LogP contribution in [-0.2, 0) is 6.42 Å². The van der Waals surface area contributed by atoms with Gasteiger partial charge in [0.15, 0.2) is 0 Å². The fraction of sp³-hybridized carbons (Fsp3) is 0.571. The van der Waals surface area contributed by atoms with Crippen LogP contribution in [0.25, 0.3) is 0 Å². The summed E-state index contributed by atoms with van der Waals surface area (Å²) < 4.78 is 6.48. The molecule has 1 N–H and O–H groups in total. The third-order valence-corrected chi connectivity index (χ3v) is 6.45. The molecule has 1 aromatic carbocycles. The Morgan fingerprint density at radius 2 is 1.57 bits per heavy atom. The largest absolute Gasteiger partial charge is 0.508 e. The van der Waals surface area contributed by atoms with Crippen LogP contribution in [0.2, 0.25) is 0 Å². The fourth-order valence-corrected chi connectivity index (χ4v) is 4.11. The number of aryl methyl sites for hydroxylation is 1. The number of benzene rings is 1.